The summed E-state index contributed by atoms with van der Waals surface area (Å²) in [6.07, 6.45) is 4.18. The standard InChI is InChI=1S/C16H22N2O2/c17-15(9-6-12-4-2-1-3-5-12)16(19)18-10-13-7-8-14(11-18)20-13/h1-5,13-15H,6-11,17H2/t13?,14?,15-/m0/s1. The fourth-order valence-electron chi connectivity index (χ4n) is 3.12. The summed E-state index contributed by atoms with van der Waals surface area (Å²) >= 11 is 0. The molecule has 3 rings (SSSR count). The first-order valence-corrected chi connectivity index (χ1v) is 7.46. The second-order valence-corrected chi connectivity index (χ2v) is 5.83. The lowest BCUT2D eigenvalue weighted by Gasteiger charge is -2.33. The molecule has 3 atom stereocenters. The first-order chi connectivity index (χ1) is 9.72. The van der Waals surface area contributed by atoms with Gasteiger partial charge >= 0.3 is 0 Å². The first kappa shape index (κ1) is 13.6. The Balaban J connectivity index is 1.52. The Morgan fingerprint density at radius 3 is 2.55 bits per heavy atom. The molecule has 0 spiro atoms. The number of rotatable bonds is 4. The molecule has 4 heteroatoms. The van der Waals surface area contributed by atoms with E-state index in [4.69, 9.17) is 10.5 Å². The van der Waals surface area contributed by atoms with Gasteiger partial charge in [0.15, 0.2) is 0 Å². The molecule has 0 saturated carbocycles. The van der Waals surface area contributed by atoms with Crippen LogP contribution in [0.25, 0.3) is 0 Å². The van der Waals surface area contributed by atoms with Gasteiger partial charge in [-0.15, -0.1) is 0 Å². The number of hydrogen-bond acceptors (Lipinski definition) is 3. The van der Waals surface area contributed by atoms with Gasteiger partial charge in [-0.2, -0.15) is 0 Å². The van der Waals surface area contributed by atoms with Gasteiger partial charge in [0.25, 0.3) is 0 Å². The van der Waals surface area contributed by atoms with Crippen LogP contribution in [-0.2, 0) is 16.0 Å². The van der Waals surface area contributed by atoms with Gasteiger partial charge in [-0.3, -0.25) is 4.79 Å². The van der Waals surface area contributed by atoms with Crippen LogP contribution in [0.5, 0.6) is 0 Å². The van der Waals surface area contributed by atoms with E-state index in [-0.39, 0.29) is 18.1 Å². The molecule has 1 aromatic carbocycles. The normalized spacial score (nSPS) is 26.6. The fourth-order valence-corrected chi connectivity index (χ4v) is 3.12. The first-order valence-electron chi connectivity index (χ1n) is 7.46. The largest absolute Gasteiger partial charge is 0.371 e. The summed E-state index contributed by atoms with van der Waals surface area (Å²) in [7, 11) is 0. The van der Waals surface area contributed by atoms with Gasteiger partial charge in [0.05, 0.1) is 18.2 Å². The SMILES string of the molecule is N[C@@H](CCc1ccccc1)C(=O)N1CC2CCC(C1)O2. The van der Waals surface area contributed by atoms with E-state index in [1.54, 1.807) is 0 Å². The van der Waals surface area contributed by atoms with Crippen molar-refractivity contribution in [3.05, 3.63) is 35.9 Å². The van der Waals surface area contributed by atoms with Crippen LogP contribution < -0.4 is 5.73 Å². The summed E-state index contributed by atoms with van der Waals surface area (Å²) in [5, 5.41) is 0. The van der Waals surface area contributed by atoms with Crippen molar-refractivity contribution in [1.29, 1.82) is 0 Å². The molecular weight excluding hydrogens is 252 g/mol. The topological polar surface area (TPSA) is 55.6 Å². The number of morpholine rings is 1. The molecule has 0 radical (unpaired) electrons. The zero-order valence-electron chi connectivity index (χ0n) is 11.7. The number of hydrogen-bond donors (Lipinski definition) is 1. The van der Waals surface area contributed by atoms with Crippen molar-refractivity contribution in [1.82, 2.24) is 4.90 Å². The molecule has 2 aliphatic heterocycles. The van der Waals surface area contributed by atoms with E-state index in [2.05, 4.69) is 12.1 Å². The average Bonchev–Trinajstić information content (AvgIpc) is 2.83. The Kier molecular flexibility index (Phi) is 4.03. The molecule has 2 saturated heterocycles. The number of nitrogens with zero attached hydrogens (tertiary/aromatic N) is 1. The third-order valence-corrected chi connectivity index (χ3v) is 4.26. The van der Waals surface area contributed by atoms with Gasteiger partial charge in [-0.25, -0.2) is 0 Å². The average molecular weight is 274 g/mol. The van der Waals surface area contributed by atoms with Crippen LogP contribution in [-0.4, -0.2) is 42.1 Å². The third kappa shape index (κ3) is 3.02. The van der Waals surface area contributed by atoms with Crippen molar-refractivity contribution in [2.75, 3.05) is 13.1 Å². The lowest BCUT2D eigenvalue weighted by molar-refractivity contribution is -0.141. The van der Waals surface area contributed by atoms with E-state index in [0.29, 0.717) is 19.5 Å². The van der Waals surface area contributed by atoms with Crippen LogP contribution in [0.15, 0.2) is 30.3 Å². The maximum Gasteiger partial charge on any atom is 0.239 e. The number of nitrogens with two attached hydrogens (primary N) is 1. The molecule has 2 bridgehead atoms. The maximum atomic E-state index is 12.4. The van der Waals surface area contributed by atoms with Crippen molar-refractivity contribution in [2.45, 2.75) is 43.9 Å². The number of benzene rings is 1. The third-order valence-electron chi connectivity index (χ3n) is 4.26. The van der Waals surface area contributed by atoms with Crippen LogP contribution in [0.4, 0.5) is 0 Å². The highest BCUT2D eigenvalue weighted by Gasteiger charge is 2.36. The van der Waals surface area contributed by atoms with E-state index in [0.717, 1.165) is 19.3 Å². The van der Waals surface area contributed by atoms with Crippen molar-refractivity contribution in [3.8, 4) is 0 Å². The molecule has 1 amide bonds. The van der Waals surface area contributed by atoms with Gasteiger partial charge in [0, 0.05) is 13.1 Å². The predicted octanol–water partition coefficient (Wildman–Crippen LogP) is 1.34. The molecule has 1 aromatic rings. The van der Waals surface area contributed by atoms with E-state index in [9.17, 15) is 4.79 Å². The number of amides is 1. The molecule has 108 valence electrons. The highest BCUT2D eigenvalue weighted by atomic mass is 16.5. The number of carbonyl (C=O) groups excluding carboxylic acids is 1. The second-order valence-electron chi connectivity index (χ2n) is 5.83. The Bertz CT molecular complexity index is 451. The number of fused-ring (bicyclic) bond motifs is 2. The Morgan fingerprint density at radius 1 is 1.25 bits per heavy atom. The number of carbonyl (C=O) groups is 1. The molecule has 2 aliphatic rings. The smallest absolute Gasteiger partial charge is 0.239 e. The van der Waals surface area contributed by atoms with E-state index < -0.39 is 6.04 Å². The maximum absolute atomic E-state index is 12.4. The zero-order valence-corrected chi connectivity index (χ0v) is 11.7. The van der Waals surface area contributed by atoms with Crippen LogP contribution in [0, 0.1) is 0 Å². The van der Waals surface area contributed by atoms with Gasteiger partial charge in [-0.1, -0.05) is 30.3 Å². The van der Waals surface area contributed by atoms with Gasteiger partial charge < -0.3 is 15.4 Å². The van der Waals surface area contributed by atoms with Crippen LogP contribution in [0.1, 0.15) is 24.8 Å². The Hall–Kier alpha value is -1.39. The molecule has 0 aliphatic carbocycles. The molecule has 2 unspecified atom stereocenters. The van der Waals surface area contributed by atoms with Gasteiger partial charge in [0.1, 0.15) is 0 Å². The fraction of sp³-hybridized carbons (Fsp3) is 0.562. The lowest BCUT2D eigenvalue weighted by atomic mass is 10.0. The summed E-state index contributed by atoms with van der Waals surface area (Å²) in [6.45, 7) is 1.43. The van der Waals surface area contributed by atoms with Crippen molar-refractivity contribution in [2.24, 2.45) is 5.73 Å². The zero-order chi connectivity index (χ0) is 13.9. The molecule has 4 nitrogen and oxygen atoms in total. The second kappa shape index (κ2) is 5.94. The van der Waals surface area contributed by atoms with Crippen molar-refractivity contribution >= 4 is 5.91 Å². The number of likely N-dealkylation sites (tertiary alicyclic amines) is 1. The van der Waals surface area contributed by atoms with Crippen molar-refractivity contribution < 1.29 is 9.53 Å². The Morgan fingerprint density at radius 2 is 1.90 bits per heavy atom. The summed E-state index contributed by atoms with van der Waals surface area (Å²) < 4.78 is 5.75. The summed E-state index contributed by atoms with van der Waals surface area (Å²) in [5.41, 5.74) is 7.31. The number of aryl methyl sites for hydroxylation is 1. The van der Waals surface area contributed by atoms with Crippen LogP contribution in [0.3, 0.4) is 0 Å². The molecule has 0 aromatic heterocycles. The van der Waals surface area contributed by atoms with E-state index in [1.807, 2.05) is 23.1 Å². The lowest BCUT2D eigenvalue weighted by Crippen LogP contribution is -2.51. The monoisotopic (exact) mass is 274 g/mol. The van der Waals surface area contributed by atoms with Gasteiger partial charge in [-0.05, 0) is 31.2 Å². The quantitative estimate of drug-likeness (QED) is 0.901. The van der Waals surface area contributed by atoms with E-state index in [1.165, 1.54) is 5.56 Å². The van der Waals surface area contributed by atoms with Gasteiger partial charge in [0.2, 0.25) is 5.91 Å². The summed E-state index contributed by atoms with van der Waals surface area (Å²) in [4.78, 5) is 14.3. The predicted molar refractivity (Wildman–Crippen MR) is 77.2 cm³/mol. The molecular formula is C16H22N2O2. The minimum atomic E-state index is -0.396. The molecule has 2 fully saturated rings. The minimum Gasteiger partial charge on any atom is -0.371 e. The van der Waals surface area contributed by atoms with Crippen LogP contribution >= 0.6 is 0 Å². The summed E-state index contributed by atoms with van der Waals surface area (Å²) in [5.74, 6) is 0.0844. The minimum absolute atomic E-state index is 0.0844. The highest BCUT2D eigenvalue weighted by Crippen LogP contribution is 2.26. The molecule has 2 N–H and O–H groups in total. The Labute approximate surface area is 119 Å². The van der Waals surface area contributed by atoms with Crippen LogP contribution in [0.2, 0.25) is 0 Å². The summed E-state index contributed by atoms with van der Waals surface area (Å²) in [6, 6.07) is 9.79. The molecule has 2 heterocycles. The van der Waals surface area contributed by atoms with Crippen molar-refractivity contribution in [3.63, 3.8) is 0 Å². The highest BCUT2D eigenvalue weighted by molar-refractivity contribution is 5.81. The number of ether oxygens (including phenoxy) is 1. The van der Waals surface area contributed by atoms with E-state index >= 15 is 0 Å². The molecule has 20 heavy (non-hydrogen) atoms.